The maximum absolute atomic E-state index is 11.2. The Morgan fingerprint density at radius 3 is 2.48 bits per heavy atom. The van der Waals surface area contributed by atoms with E-state index in [1.807, 2.05) is 0 Å². The van der Waals surface area contributed by atoms with Gasteiger partial charge in [0.2, 0.25) is 0 Å². The molecule has 0 amide bonds. The Balaban J connectivity index is 2.44. The smallest absolute Gasteiger partial charge is 0.338 e. The zero-order chi connectivity index (χ0) is 15.6. The molecular weight excluding hydrogens is 364 g/mol. The number of carbonyl (C=O) groups is 1. The minimum Gasteiger partial charge on any atom is -0.478 e. The molecule has 0 bridgehead atoms. The zero-order valence-electron chi connectivity index (χ0n) is 10.3. The molecule has 2 rings (SSSR count). The van der Waals surface area contributed by atoms with Crippen LogP contribution in [0.25, 0.3) is 0 Å². The second kappa shape index (κ2) is 6.11. The summed E-state index contributed by atoms with van der Waals surface area (Å²) in [6.45, 7) is 0. The van der Waals surface area contributed by atoms with Gasteiger partial charge in [0.1, 0.15) is 0 Å². The van der Waals surface area contributed by atoms with Crippen LogP contribution >= 0.6 is 27.5 Å². The van der Waals surface area contributed by atoms with Crippen LogP contribution in [0.3, 0.4) is 0 Å². The number of nitro groups is 1. The first-order valence-corrected chi connectivity index (χ1v) is 6.79. The predicted molar refractivity (Wildman–Crippen MR) is 82.5 cm³/mol. The van der Waals surface area contributed by atoms with Gasteiger partial charge in [-0.1, -0.05) is 27.5 Å². The van der Waals surface area contributed by atoms with Gasteiger partial charge in [0.15, 0.2) is 0 Å². The number of anilines is 2. The number of rotatable bonds is 4. The number of halogens is 2. The van der Waals surface area contributed by atoms with Crippen molar-refractivity contribution in [2.24, 2.45) is 0 Å². The molecule has 0 aliphatic rings. The zero-order valence-corrected chi connectivity index (χ0v) is 12.7. The molecule has 2 aromatic carbocycles. The minimum absolute atomic E-state index is 0.205. The summed E-state index contributed by atoms with van der Waals surface area (Å²) in [5, 5.41) is 23.1. The highest BCUT2D eigenvalue weighted by molar-refractivity contribution is 9.10. The molecule has 6 nitrogen and oxygen atoms in total. The van der Waals surface area contributed by atoms with Crippen LogP contribution in [-0.2, 0) is 0 Å². The SMILES string of the molecule is O=C(O)c1cc([N+](=O)[O-])ccc1Nc1ccc(Br)cc1Cl. The summed E-state index contributed by atoms with van der Waals surface area (Å²) in [5.74, 6) is -1.27. The molecule has 108 valence electrons. The Hall–Kier alpha value is -2.12. The van der Waals surface area contributed by atoms with Crippen LogP contribution < -0.4 is 5.32 Å². The fourth-order valence-electron chi connectivity index (χ4n) is 1.67. The Morgan fingerprint density at radius 2 is 1.90 bits per heavy atom. The summed E-state index contributed by atoms with van der Waals surface area (Å²) in [6.07, 6.45) is 0. The lowest BCUT2D eigenvalue weighted by molar-refractivity contribution is -0.384. The second-order valence-corrected chi connectivity index (χ2v) is 5.36. The molecule has 2 N–H and O–H groups in total. The van der Waals surface area contributed by atoms with Crippen LogP contribution in [0.15, 0.2) is 40.9 Å². The van der Waals surface area contributed by atoms with Gasteiger partial charge in [0, 0.05) is 16.6 Å². The summed E-state index contributed by atoms with van der Waals surface area (Å²) in [6, 6.07) is 8.61. The van der Waals surface area contributed by atoms with Crippen LogP contribution in [-0.4, -0.2) is 16.0 Å². The van der Waals surface area contributed by atoms with Gasteiger partial charge in [-0.15, -0.1) is 0 Å². The largest absolute Gasteiger partial charge is 0.478 e. The highest BCUT2D eigenvalue weighted by Crippen LogP contribution is 2.31. The number of nitro benzene ring substituents is 1. The van der Waals surface area contributed by atoms with Crippen molar-refractivity contribution in [3.05, 3.63) is 61.6 Å². The summed E-state index contributed by atoms with van der Waals surface area (Å²) in [5.41, 5.74) is 0.219. The van der Waals surface area contributed by atoms with E-state index < -0.39 is 10.9 Å². The first kappa shape index (κ1) is 15.3. The van der Waals surface area contributed by atoms with Crippen molar-refractivity contribution in [2.75, 3.05) is 5.32 Å². The van der Waals surface area contributed by atoms with Gasteiger partial charge in [-0.05, 0) is 24.3 Å². The van der Waals surface area contributed by atoms with Crippen LogP contribution in [0.5, 0.6) is 0 Å². The number of benzene rings is 2. The Morgan fingerprint density at radius 1 is 1.24 bits per heavy atom. The lowest BCUT2D eigenvalue weighted by Crippen LogP contribution is -2.04. The maximum Gasteiger partial charge on any atom is 0.338 e. The van der Waals surface area contributed by atoms with Crippen molar-refractivity contribution in [3.63, 3.8) is 0 Å². The molecule has 21 heavy (non-hydrogen) atoms. The average molecular weight is 372 g/mol. The fraction of sp³-hybridized carbons (Fsp3) is 0. The van der Waals surface area contributed by atoms with Gasteiger partial charge in [0.05, 0.1) is 26.9 Å². The number of hydrogen-bond acceptors (Lipinski definition) is 4. The van der Waals surface area contributed by atoms with E-state index in [4.69, 9.17) is 16.7 Å². The van der Waals surface area contributed by atoms with E-state index in [9.17, 15) is 14.9 Å². The average Bonchev–Trinajstić information content (AvgIpc) is 2.41. The molecule has 0 aliphatic heterocycles. The van der Waals surface area contributed by atoms with Crippen molar-refractivity contribution < 1.29 is 14.8 Å². The van der Waals surface area contributed by atoms with Crippen molar-refractivity contribution in [1.29, 1.82) is 0 Å². The van der Waals surface area contributed by atoms with Gasteiger partial charge in [-0.3, -0.25) is 10.1 Å². The summed E-state index contributed by atoms with van der Waals surface area (Å²) < 4.78 is 0.778. The molecule has 0 heterocycles. The van der Waals surface area contributed by atoms with Crippen molar-refractivity contribution in [1.82, 2.24) is 0 Å². The van der Waals surface area contributed by atoms with Crippen LogP contribution in [0, 0.1) is 10.1 Å². The molecule has 0 atom stereocenters. The first-order valence-electron chi connectivity index (χ1n) is 5.62. The highest BCUT2D eigenvalue weighted by atomic mass is 79.9. The third kappa shape index (κ3) is 3.50. The third-order valence-electron chi connectivity index (χ3n) is 2.64. The van der Waals surface area contributed by atoms with Crippen molar-refractivity contribution in [2.45, 2.75) is 0 Å². The second-order valence-electron chi connectivity index (χ2n) is 4.04. The molecule has 8 heteroatoms. The maximum atomic E-state index is 11.2. The molecule has 0 saturated heterocycles. The van der Waals surface area contributed by atoms with E-state index in [2.05, 4.69) is 21.2 Å². The van der Waals surface area contributed by atoms with Crippen molar-refractivity contribution >= 4 is 50.6 Å². The molecule has 0 unspecified atom stereocenters. The topological polar surface area (TPSA) is 92.5 Å². The fourth-order valence-corrected chi connectivity index (χ4v) is 2.39. The molecule has 0 fully saturated rings. The molecule has 2 aromatic rings. The highest BCUT2D eigenvalue weighted by Gasteiger charge is 2.16. The summed E-state index contributed by atoms with van der Waals surface area (Å²) in [4.78, 5) is 21.3. The normalized spacial score (nSPS) is 10.2. The number of carboxylic acids is 1. The van der Waals surface area contributed by atoms with E-state index in [0.717, 1.165) is 10.5 Å². The minimum atomic E-state index is -1.27. The van der Waals surface area contributed by atoms with Gasteiger partial charge < -0.3 is 10.4 Å². The monoisotopic (exact) mass is 370 g/mol. The number of carboxylic acid groups (broad SMARTS) is 1. The van der Waals surface area contributed by atoms with E-state index in [-0.39, 0.29) is 16.9 Å². The van der Waals surface area contributed by atoms with Gasteiger partial charge in [0.25, 0.3) is 5.69 Å². The van der Waals surface area contributed by atoms with Crippen LogP contribution in [0.4, 0.5) is 17.1 Å². The molecule has 0 saturated carbocycles. The molecular formula is C13H8BrClN2O4. The first-order chi connectivity index (χ1) is 9.88. The number of nitrogens with one attached hydrogen (secondary N) is 1. The van der Waals surface area contributed by atoms with Gasteiger partial charge in [-0.25, -0.2) is 4.79 Å². The lowest BCUT2D eigenvalue weighted by Gasteiger charge is -2.11. The summed E-state index contributed by atoms with van der Waals surface area (Å²) >= 11 is 9.31. The molecule has 0 radical (unpaired) electrons. The van der Waals surface area contributed by atoms with E-state index in [0.29, 0.717) is 10.7 Å². The Labute approximate surface area is 132 Å². The van der Waals surface area contributed by atoms with E-state index >= 15 is 0 Å². The predicted octanol–water partition coefficient (Wildman–Crippen LogP) is 4.45. The molecule has 0 spiro atoms. The quantitative estimate of drug-likeness (QED) is 0.612. The van der Waals surface area contributed by atoms with E-state index in [1.54, 1.807) is 18.2 Å². The number of nitrogens with zero attached hydrogens (tertiary/aromatic N) is 1. The van der Waals surface area contributed by atoms with E-state index in [1.165, 1.54) is 12.1 Å². The van der Waals surface area contributed by atoms with Gasteiger partial charge >= 0.3 is 5.97 Å². The van der Waals surface area contributed by atoms with Crippen molar-refractivity contribution in [3.8, 4) is 0 Å². The number of non-ortho nitro benzene ring substituents is 1. The molecule has 0 aromatic heterocycles. The lowest BCUT2D eigenvalue weighted by atomic mass is 10.1. The number of hydrogen-bond donors (Lipinski definition) is 2. The Bertz CT molecular complexity index is 736. The summed E-state index contributed by atoms with van der Waals surface area (Å²) in [7, 11) is 0. The van der Waals surface area contributed by atoms with Gasteiger partial charge in [-0.2, -0.15) is 0 Å². The molecule has 0 aliphatic carbocycles. The standard InChI is InChI=1S/C13H8BrClN2O4/c14-7-1-3-12(10(15)5-7)16-11-4-2-8(17(20)21)6-9(11)13(18)19/h1-6,16H,(H,18,19). The third-order valence-corrected chi connectivity index (χ3v) is 3.45. The van der Waals surface area contributed by atoms with Crippen LogP contribution in [0.1, 0.15) is 10.4 Å². The number of aromatic carboxylic acids is 1. The van der Waals surface area contributed by atoms with Crippen LogP contribution in [0.2, 0.25) is 5.02 Å². The Kier molecular flexibility index (Phi) is 4.44.